The largest absolute Gasteiger partial charge is 0.384 e. The van der Waals surface area contributed by atoms with E-state index in [1.807, 2.05) is 19.2 Å². The number of rotatable bonds is 5. The summed E-state index contributed by atoms with van der Waals surface area (Å²) in [6, 6.07) is 3.08. The van der Waals surface area contributed by atoms with E-state index < -0.39 is 4.92 Å². The molecule has 20 heavy (non-hydrogen) atoms. The lowest BCUT2D eigenvalue weighted by atomic mass is 10.1. The third-order valence-corrected chi connectivity index (χ3v) is 4.14. The Kier molecular flexibility index (Phi) is 4.57. The quantitative estimate of drug-likeness (QED) is 0.670. The SMILES string of the molecule is Cc1csc(CCNc2cc(Cl)c([N+](=O)[O-])cc2C)n1. The van der Waals surface area contributed by atoms with Crippen LogP contribution in [0.3, 0.4) is 0 Å². The molecule has 0 amide bonds. The van der Waals surface area contributed by atoms with Crippen molar-refractivity contribution in [3.8, 4) is 0 Å². The molecule has 0 unspecified atom stereocenters. The third-order valence-electron chi connectivity index (χ3n) is 2.81. The van der Waals surface area contributed by atoms with Crippen molar-refractivity contribution in [3.05, 3.63) is 48.9 Å². The van der Waals surface area contributed by atoms with Crippen molar-refractivity contribution in [3.63, 3.8) is 0 Å². The van der Waals surface area contributed by atoms with Crippen molar-refractivity contribution >= 4 is 34.3 Å². The first-order valence-electron chi connectivity index (χ1n) is 6.07. The molecule has 0 atom stereocenters. The third kappa shape index (κ3) is 3.46. The summed E-state index contributed by atoms with van der Waals surface area (Å²) in [6.45, 7) is 4.49. The lowest BCUT2D eigenvalue weighted by Crippen LogP contribution is -2.06. The summed E-state index contributed by atoms with van der Waals surface area (Å²) in [4.78, 5) is 14.7. The highest BCUT2D eigenvalue weighted by molar-refractivity contribution is 7.09. The van der Waals surface area contributed by atoms with E-state index in [-0.39, 0.29) is 10.7 Å². The second kappa shape index (κ2) is 6.19. The molecule has 0 radical (unpaired) electrons. The Morgan fingerprint density at radius 2 is 2.20 bits per heavy atom. The second-order valence-electron chi connectivity index (χ2n) is 4.44. The first-order chi connectivity index (χ1) is 9.47. The van der Waals surface area contributed by atoms with Crippen LogP contribution in [-0.4, -0.2) is 16.5 Å². The summed E-state index contributed by atoms with van der Waals surface area (Å²) in [5, 5.41) is 17.3. The van der Waals surface area contributed by atoms with Gasteiger partial charge in [0.1, 0.15) is 5.02 Å². The molecule has 106 valence electrons. The van der Waals surface area contributed by atoms with Gasteiger partial charge in [0.25, 0.3) is 5.69 Å². The molecule has 1 aromatic carbocycles. The van der Waals surface area contributed by atoms with Crippen LogP contribution in [0, 0.1) is 24.0 Å². The predicted molar refractivity (Wildman–Crippen MR) is 81.9 cm³/mol. The summed E-state index contributed by atoms with van der Waals surface area (Å²) in [6.07, 6.45) is 0.812. The van der Waals surface area contributed by atoms with Gasteiger partial charge in [0.05, 0.1) is 9.93 Å². The first kappa shape index (κ1) is 14.7. The molecule has 1 N–H and O–H groups in total. The minimum Gasteiger partial charge on any atom is -0.384 e. The molecule has 1 aromatic heterocycles. The Morgan fingerprint density at radius 3 is 2.80 bits per heavy atom. The van der Waals surface area contributed by atoms with Crippen molar-refractivity contribution in [2.75, 3.05) is 11.9 Å². The van der Waals surface area contributed by atoms with E-state index in [0.29, 0.717) is 6.54 Å². The van der Waals surface area contributed by atoms with Crippen LogP contribution in [0.25, 0.3) is 0 Å². The monoisotopic (exact) mass is 311 g/mol. The van der Waals surface area contributed by atoms with Gasteiger partial charge in [0, 0.05) is 35.8 Å². The molecule has 0 spiro atoms. The van der Waals surface area contributed by atoms with Crippen LogP contribution in [0.15, 0.2) is 17.5 Å². The van der Waals surface area contributed by atoms with E-state index in [1.54, 1.807) is 17.4 Å². The summed E-state index contributed by atoms with van der Waals surface area (Å²) < 4.78 is 0. The van der Waals surface area contributed by atoms with Gasteiger partial charge in [-0.25, -0.2) is 4.98 Å². The summed E-state index contributed by atoms with van der Waals surface area (Å²) >= 11 is 7.54. The van der Waals surface area contributed by atoms with E-state index in [0.717, 1.165) is 28.4 Å². The molecule has 0 bridgehead atoms. The Balaban J connectivity index is 2.03. The van der Waals surface area contributed by atoms with Crippen LogP contribution in [0.1, 0.15) is 16.3 Å². The van der Waals surface area contributed by atoms with Crippen LogP contribution < -0.4 is 5.32 Å². The normalized spacial score (nSPS) is 10.6. The Morgan fingerprint density at radius 1 is 1.45 bits per heavy atom. The minimum atomic E-state index is -0.475. The zero-order valence-electron chi connectivity index (χ0n) is 11.1. The number of nitro groups is 1. The second-order valence-corrected chi connectivity index (χ2v) is 5.78. The van der Waals surface area contributed by atoms with Crippen molar-refractivity contribution in [1.82, 2.24) is 4.98 Å². The molecule has 0 saturated carbocycles. The molecule has 2 aromatic rings. The van der Waals surface area contributed by atoms with E-state index in [2.05, 4.69) is 10.3 Å². The molecule has 0 aliphatic rings. The number of hydrogen-bond donors (Lipinski definition) is 1. The number of halogens is 1. The number of thiazole rings is 1. The number of nitrogens with one attached hydrogen (secondary N) is 1. The fourth-order valence-corrected chi connectivity index (χ4v) is 2.83. The fourth-order valence-electron chi connectivity index (χ4n) is 1.82. The maximum Gasteiger partial charge on any atom is 0.288 e. The Bertz CT molecular complexity index is 643. The number of aromatic nitrogens is 1. The molecular formula is C13H14ClN3O2S. The van der Waals surface area contributed by atoms with Crippen LogP contribution in [0.2, 0.25) is 5.02 Å². The van der Waals surface area contributed by atoms with E-state index >= 15 is 0 Å². The average Bonchev–Trinajstić information content (AvgIpc) is 2.78. The summed E-state index contributed by atoms with van der Waals surface area (Å²) in [5.74, 6) is 0. The van der Waals surface area contributed by atoms with Gasteiger partial charge in [-0.2, -0.15) is 0 Å². The summed E-state index contributed by atoms with van der Waals surface area (Å²) in [7, 11) is 0. The van der Waals surface area contributed by atoms with Crippen LogP contribution in [0.5, 0.6) is 0 Å². The maximum atomic E-state index is 10.8. The lowest BCUT2D eigenvalue weighted by Gasteiger charge is -2.09. The van der Waals surface area contributed by atoms with Gasteiger partial charge in [-0.1, -0.05) is 11.6 Å². The van der Waals surface area contributed by atoms with Crippen LogP contribution in [-0.2, 0) is 6.42 Å². The average molecular weight is 312 g/mol. The smallest absolute Gasteiger partial charge is 0.288 e. The maximum absolute atomic E-state index is 10.8. The highest BCUT2D eigenvalue weighted by Gasteiger charge is 2.14. The van der Waals surface area contributed by atoms with Gasteiger partial charge >= 0.3 is 0 Å². The molecule has 7 heteroatoms. The van der Waals surface area contributed by atoms with E-state index in [9.17, 15) is 10.1 Å². The molecule has 1 heterocycles. The topological polar surface area (TPSA) is 68.1 Å². The zero-order valence-corrected chi connectivity index (χ0v) is 12.7. The van der Waals surface area contributed by atoms with Crippen molar-refractivity contribution in [2.45, 2.75) is 20.3 Å². The number of benzene rings is 1. The molecule has 5 nitrogen and oxygen atoms in total. The Labute approximate surface area is 125 Å². The molecule has 2 rings (SSSR count). The number of nitrogens with zero attached hydrogens (tertiary/aromatic N) is 2. The number of aryl methyl sites for hydroxylation is 2. The minimum absolute atomic E-state index is 0.0646. The highest BCUT2D eigenvalue weighted by Crippen LogP contribution is 2.30. The number of nitro benzene ring substituents is 1. The molecule has 0 aliphatic carbocycles. The molecule has 0 fully saturated rings. The van der Waals surface area contributed by atoms with Gasteiger partial charge in [-0.3, -0.25) is 10.1 Å². The zero-order chi connectivity index (χ0) is 14.7. The van der Waals surface area contributed by atoms with Gasteiger partial charge < -0.3 is 5.32 Å². The van der Waals surface area contributed by atoms with Crippen molar-refractivity contribution in [2.24, 2.45) is 0 Å². The van der Waals surface area contributed by atoms with Crippen LogP contribution >= 0.6 is 22.9 Å². The molecule has 0 aliphatic heterocycles. The van der Waals surface area contributed by atoms with Gasteiger partial charge in [-0.05, 0) is 25.5 Å². The first-order valence-corrected chi connectivity index (χ1v) is 7.32. The van der Waals surface area contributed by atoms with Gasteiger partial charge in [0.2, 0.25) is 0 Å². The van der Waals surface area contributed by atoms with Crippen LogP contribution in [0.4, 0.5) is 11.4 Å². The number of anilines is 1. The van der Waals surface area contributed by atoms with E-state index in [4.69, 9.17) is 11.6 Å². The summed E-state index contributed by atoms with van der Waals surface area (Å²) in [5.41, 5.74) is 2.58. The molecule has 0 saturated heterocycles. The van der Waals surface area contributed by atoms with E-state index in [1.165, 1.54) is 6.07 Å². The predicted octanol–water partition coefficient (Wildman–Crippen LogP) is 3.98. The van der Waals surface area contributed by atoms with Gasteiger partial charge in [-0.15, -0.1) is 11.3 Å². The van der Waals surface area contributed by atoms with Crippen molar-refractivity contribution < 1.29 is 4.92 Å². The lowest BCUT2D eigenvalue weighted by molar-refractivity contribution is -0.384. The van der Waals surface area contributed by atoms with Gasteiger partial charge in [0.15, 0.2) is 0 Å². The fraction of sp³-hybridized carbons (Fsp3) is 0.308. The highest BCUT2D eigenvalue weighted by atomic mass is 35.5. The Hall–Kier alpha value is -1.66. The number of hydrogen-bond acceptors (Lipinski definition) is 5. The van der Waals surface area contributed by atoms with Crippen molar-refractivity contribution in [1.29, 1.82) is 0 Å². The standard InChI is InChI=1S/C13H14ClN3O2S/c1-8-5-12(17(18)19)10(14)6-11(8)15-4-3-13-16-9(2)7-20-13/h5-7,15H,3-4H2,1-2H3. The molecular weight excluding hydrogens is 298 g/mol.